The summed E-state index contributed by atoms with van der Waals surface area (Å²) in [5.74, 6) is 2.56. The van der Waals surface area contributed by atoms with Gasteiger partial charge in [0, 0.05) is 16.8 Å². The third-order valence-electron chi connectivity index (χ3n) is 3.53. The van der Waals surface area contributed by atoms with Gasteiger partial charge in [-0.05, 0) is 30.5 Å². The molecule has 1 saturated carbocycles. The summed E-state index contributed by atoms with van der Waals surface area (Å²) in [4.78, 5) is 4.64. The summed E-state index contributed by atoms with van der Waals surface area (Å²) in [6.45, 7) is 0. The van der Waals surface area contributed by atoms with Gasteiger partial charge < -0.3 is 0 Å². The molecule has 0 bridgehead atoms. The first-order valence-electron chi connectivity index (χ1n) is 6.47. The zero-order chi connectivity index (χ0) is 12.4. The maximum absolute atomic E-state index is 4.64. The number of aromatic nitrogens is 3. The minimum atomic E-state index is 0.581. The SMILES string of the molecule is Brc1cccc(Cc2nc(C3CCCC3)n[nH]2)c1. The van der Waals surface area contributed by atoms with Crippen LogP contribution in [-0.4, -0.2) is 15.2 Å². The molecule has 94 valence electrons. The summed E-state index contributed by atoms with van der Waals surface area (Å²) in [5, 5.41) is 7.44. The van der Waals surface area contributed by atoms with Crippen molar-refractivity contribution < 1.29 is 0 Å². The van der Waals surface area contributed by atoms with E-state index >= 15 is 0 Å². The first-order chi connectivity index (χ1) is 8.81. The fourth-order valence-electron chi connectivity index (χ4n) is 2.60. The normalized spacial score (nSPS) is 16.3. The second-order valence-corrected chi connectivity index (χ2v) is 5.84. The first-order valence-corrected chi connectivity index (χ1v) is 7.26. The maximum atomic E-state index is 4.64. The third kappa shape index (κ3) is 2.64. The van der Waals surface area contributed by atoms with Crippen molar-refractivity contribution in [3.8, 4) is 0 Å². The molecule has 1 aromatic carbocycles. The standard InChI is InChI=1S/C14H16BrN3/c15-12-7-3-4-10(8-12)9-13-16-14(18-17-13)11-5-1-2-6-11/h3-4,7-8,11H,1-2,5-6,9H2,(H,16,17,18). The lowest BCUT2D eigenvalue weighted by atomic mass is 10.1. The molecule has 1 aromatic heterocycles. The van der Waals surface area contributed by atoms with Gasteiger partial charge in [0.1, 0.15) is 5.82 Å². The van der Waals surface area contributed by atoms with Gasteiger partial charge in [0.15, 0.2) is 5.82 Å². The van der Waals surface area contributed by atoms with E-state index in [1.54, 1.807) is 0 Å². The fourth-order valence-corrected chi connectivity index (χ4v) is 3.04. The monoisotopic (exact) mass is 305 g/mol. The number of nitrogens with one attached hydrogen (secondary N) is 1. The van der Waals surface area contributed by atoms with Crippen molar-refractivity contribution in [2.75, 3.05) is 0 Å². The molecule has 0 unspecified atom stereocenters. The fraction of sp³-hybridized carbons (Fsp3) is 0.429. The van der Waals surface area contributed by atoms with Crippen molar-refractivity contribution >= 4 is 15.9 Å². The highest BCUT2D eigenvalue weighted by Crippen LogP contribution is 2.31. The highest BCUT2D eigenvalue weighted by molar-refractivity contribution is 9.10. The lowest BCUT2D eigenvalue weighted by Gasteiger charge is -2.01. The largest absolute Gasteiger partial charge is 0.263 e. The van der Waals surface area contributed by atoms with Gasteiger partial charge in [-0.3, -0.25) is 5.10 Å². The van der Waals surface area contributed by atoms with Crippen LogP contribution in [0.25, 0.3) is 0 Å². The van der Waals surface area contributed by atoms with Gasteiger partial charge in [-0.1, -0.05) is 40.9 Å². The van der Waals surface area contributed by atoms with Crippen LogP contribution in [0.3, 0.4) is 0 Å². The molecule has 3 nitrogen and oxygen atoms in total. The van der Waals surface area contributed by atoms with Crippen LogP contribution in [0.1, 0.15) is 48.8 Å². The van der Waals surface area contributed by atoms with Crippen LogP contribution in [0.4, 0.5) is 0 Å². The number of hydrogen-bond donors (Lipinski definition) is 1. The molecule has 1 aliphatic rings. The number of benzene rings is 1. The van der Waals surface area contributed by atoms with E-state index in [0.717, 1.165) is 22.5 Å². The molecule has 0 saturated heterocycles. The lowest BCUT2D eigenvalue weighted by molar-refractivity contribution is 0.671. The summed E-state index contributed by atoms with van der Waals surface area (Å²) in [5.41, 5.74) is 1.25. The Bertz CT molecular complexity index is 529. The Hall–Kier alpha value is -1.16. The molecule has 18 heavy (non-hydrogen) atoms. The predicted molar refractivity (Wildman–Crippen MR) is 74.5 cm³/mol. The summed E-state index contributed by atoms with van der Waals surface area (Å²) >= 11 is 3.49. The molecule has 0 amide bonds. The topological polar surface area (TPSA) is 41.6 Å². The van der Waals surface area contributed by atoms with Gasteiger partial charge in [0.2, 0.25) is 0 Å². The second kappa shape index (κ2) is 5.22. The number of halogens is 1. The van der Waals surface area contributed by atoms with Crippen LogP contribution < -0.4 is 0 Å². The molecule has 4 heteroatoms. The minimum Gasteiger partial charge on any atom is -0.263 e. The lowest BCUT2D eigenvalue weighted by Crippen LogP contribution is -1.95. The zero-order valence-corrected chi connectivity index (χ0v) is 11.8. The number of H-pyrrole nitrogens is 1. The van der Waals surface area contributed by atoms with Crippen molar-refractivity contribution in [2.45, 2.75) is 38.0 Å². The van der Waals surface area contributed by atoms with Crippen LogP contribution in [-0.2, 0) is 6.42 Å². The molecule has 1 heterocycles. The van der Waals surface area contributed by atoms with Crippen molar-refractivity contribution in [3.63, 3.8) is 0 Å². The molecule has 0 radical (unpaired) electrons. The molecule has 1 fully saturated rings. The average Bonchev–Trinajstić information content (AvgIpc) is 2.98. The van der Waals surface area contributed by atoms with Crippen LogP contribution in [0.15, 0.2) is 28.7 Å². The number of aromatic amines is 1. The van der Waals surface area contributed by atoms with Crippen LogP contribution in [0.5, 0.6) is 0 Å². The van der Waals surface area contributed by atoms with E-state index in [1.165, 1.54) is 31.2 Å². The molecule has 2 aromatic rings. The number of rotatable bonds is 3. The Kier molecular flexibility index (Phi) is 3.46. The molecule has 1 N–H and O–H groups in total. The van der Waals surface area contributed by atoms with Crippen molar-refractivity contribution in [2.24, 2.45) is 0 Å². The minimum absolute atomic E-state index is 0.581. The highest BCUT2D eigenvalue weighted by Gasteiger charge is 2.21. The van der Waals surface area contributed by atoms with E-state index < -0.39 is 0 Å². The molecular weight excluding hydrogens is 290 g/mol. The van der Waals surface area contributed by atoms with E-state index in [1.807, 2.05) is 12.1 Å². The van der Waals surface area contributed by atoms with Crippen molar-refractivity contribution in [1.82, 2.24) is 15.2 Å². The molecule has 0 spiro atoms. The second-order valence-electron chi connectivity index (χ2n) is 4.93. The van der Waals surface area contributed by atoms with E-state index in [-0.39, 0.29) is 0 Å². The predicted octanol–water partition coefficient (Wildman–Crippen LogP) is 3.82. The highest BCUT2D eigenvalue weighted by atomic mass is 79.9. The Morgan fingerprint density at radius 3 is 2.89 bits per heavy atom. The van der Waals surface area contributed by atoms with E-state index in [2.05, 4.69) is 43.2 Å². The molecule has 0 aliphatic heterocycles. The summed E-state index contributed by atoms with van der Waals surface area (Å²) in [6, 6.07) is 8.32. The van der Waals surface area contributed by atoms with Gasteiger partial charge in [-0.25, -0.2) is 4.98 Å². The van der Waals surface area contributed by atoms with Gasteiger partial charge in [0.25, 0.3) is 0 Å². The van der Waals surface area contributed by atoms with Crippen LogP contribution in [0.2, 0.25) is 0 Å². The Morgan fingerprint density at radius 2 is 2.11 bits per heavy atom. The molecular formula is C14H16BrN3. The van der Waals surface area contributed by atoms with Crippen molar-refractivity contribution in [3.05, 3.63) is 46.0 Å². The smallest absolute Gasteiger partial charge is 0.153 e. The van der Waals surface area contributed by atoms with Crippen LogP contribution >= 0.6 is 15.9 Å². The summed E-state index contributed by atoms with van der Waals surface area (Å²) < 4.78 is 1.11. The Balaban J connectivity index is 1.73. The van der Waals surface area contributed by atoms with Gasteiger partial charge in [-0.2, -0.15) is 5.10 Å². The van der Waals surface area contributed by atoms with Gasteiger partial charge in [0.05, 0.1) is 0 Å². The summed E-state index contributed by atoms with van der Waals surface area (Å²) in [7, 11) is 0. The Labute approximate surface area is 115 Å². The zero-order valence-electron chi connectivity index (χ0n) is 10.2. The van der Waals surface area contributed by atoms with Crippen molar-refractivity contribution in [1.29, 1.82) is 0 Å². The molecule has 1 aliphatic carbocycles. The molecule has 0 atom stereocenters. The number of hydrogen-bond acceptors (Lipinski definition) is 2. The quantitative estimate of drug-likeness (QED) is 0.936. The van der Waals surface area contributed by atoms with Gasteiger partial charge in [-0.15, -0.1) is 0 Å². The maximum Gasteiger partial charge on any atom is 0.153 e. The number of nitrogens with zero attached hydrogens (tertiary/aromatic N) is 2. The van der Waals surface area contributed by atoms with E-state index in [9.17, 15) is 0 Å². The van der Waals surface area contributed by atoms with Crippen LogP contribution in [0, 0.1) is 0 Å². The molecule has 3 rings (SSSR count). The van der Waals surface area contributed by atoms with E-state index in [0.29, 0.717) is 5.92 Å². The average molecular weight is 306 g/mol. The Morgan fingerprint density at radius 1 is 1.28 bits per heavy atom. The summed E-state index contributed by atoms with van der Waals surface area (Å²) in [6.07, 6.45) is 5.95. The first kappa shape index (κ1) is 11.9. The third-order valence-corrected chi connectivity index (χ3v) is 4.02. The van der Waals surface area contributed by atoms with E-state index in [4.69, 9.17) is 0 Å². The van der Waals surface area contributed by atoms with Gasteiger partial charge >= 0.3 is 0 Å².